The van der Waals surface area contributed by atoms with E-state index in [-0.39, 0.29) is 5.91 Å². The fourth-order valence-electron chi connectivity index (χ4n) is 3.97. The number of nitrogens with zero attached hydrogens (tertiary/aromatic N) is 4. The predicted molar refractivity (Wildman–Crippen MR) is 122 cm³/mol. The van der Waals surface area contributed by atoms with Crippen LogP contribution in [0.3, 0.4) is 0 Å². The van der Waals surface area contributed by atoms with Crippen LogP contribution in [0.5, 0.6) is 0 Å². The molecule has 2 aromatic carbocycles. The molecule has 0 atom stereocenters. The largest absolute Gasteiger partial charge is 0.368 e. The van der Waals surface area contributed by atoms with Gasteiger partial charge in [-0.15, -0.1) is 0 Å². The minimum absolute atomic E-state index is 0.230. The molecule has 3 aromatic rings. The molecule has 0 bridgehead atoms. The van der Waals surface area contributed by atoms with Crippen molar-refractivity contribution in [2.75, 3.05) is 31.1 Å². The molecule has 1 saturated heterocycles. The maximum atomic E-state index is 12.7. The molecule has 0 saturated carbocycles. The van der Waals surface area contributed by atoms with Gasteiger partial charge in [-0.3, -0.25) is 4.79 Å². The highest BCUT2D eigenvalue weighted by atomic mass is 35.5. The predicted octanol–water partition coefficient (Wildman–Crippen LogP) is 4.42. The Morgan fingerprint density at radius 3 is 2.17 bits per heavy atom. The number of benzene rings is 2. The van der Waals surface area contributed by atoms with Gasteiger partial charge in [0.1, 0.15) is 0 Å². The number of aryl methyl sites for hydroxylation is 3. The number of rotatable bonds is 5. The first-order chi connectivity index (χ1) is 14.5. The highest BCUT2D eigenvalue weighted by Crippen LogP contribution is 2.20. The molecule has 1 fully saturated rings. The first kappa shape index (κ1) is 20.5. The number of halogens is 1. The van der Waals surface area contributed by atoms with Crippen LogP contribution < -0.4 is 4.90 Å². The minimum Gasteiger partial charge on any atom is -0.368 e. The van der Waals surface area contributed by atoms with Gasteiger partial charge in [-0.25, -0.2) is 4.68 Å². The van der Waals surface area contributed by atoms with Crippen LogP contribution in [0.1, 0.15) is 23.4 Å². The number of carbonyl (C=O) groups is 1. The van der Waals surface area contributed by atoms with Crippen molar-refractivity contribution in [1.82, 2.24) is 14.7 Å². The molecule has 0 spiro atoms. The van der Waals surface area contributed by atoms with Gasteiger partial charge in [0.15, 0.2) is 0 Å². The van der Waals surface area contributed by atoms with Gasteiger partial charge >= 0.3 is 0 Å². The second-order valence-electron chi connectivity index (χ2n) is 7.85. The van der Waals surface area contributed by atoms with E-state index in [1.165, 1.54) is 5.56 Å². The third-order valence-corrected chi connectivity index (χ3v) is 5.89. The van der Waals surface area contributed by atoms with Crippen LogP contribution in [-0.2, 0) is 11.2 Å². The Labute approximate surface area is 182 Å². The number of amides is 1. The van der Waals surface area contributed by atoms with Crippen LogP contribution in [0.25, 0.3) is 5.69 Å². The van der Waals surface area contributed by atoms with Crippen LogP contribution in [0.15, 0.2) is 54.6 Å². The molecular formula is C24H27ClN4O. The van der Waals surface area contributed by atoms with Crippen LogP contribution >= 0.6 is 11.6 Å². The molecule has 4 rings (SSSR count). The molecule has 156 valence electrons. The Hall–Kier alpha value is -2.79. The molecule has 2 heterocycles. The molecule has 1 aromatic heterocycles. The average Bonchev–Trinajstić information content (AvgIpc) is 3.11. The SMILES string of the molecule is Cc1cc(C)n(-c2ccc(CCC(=O)N3CCN(c4ccc(Cl)cc4)CC3)cc2)n1. The third kappa shape index (κ3) is 4.68. The van der Waals surface area contributed by atoms with E-state index < -0.39 is 0 Å². The lowest BCUT2D eigenvalue weighted by atomic mass is 10.1. The number of aromatic nitrogens is 2. The fraction of sp³-hybridized carbons (Fsp3) is 0.333. The fourth-order valence-corrected chi connectivity index (χ4v) is 4.10. The summed E-state index contributed by atoms with van der Waals surface area (Å²) in [5, 5.41) is 5.27. The highest BCUT2D eigenvalue weighted by Gasteiger charge is 2.21. The lowest BCUT2D eigenvalue weighted by Crippen LogP contribution is -2.48. The van der Waals surface area contributed by atoms with Crippen molar-refractivity contribution in [3.05, 3.63) is 76.6 Å². The first-order valence-corrected chi connectivity index (χ1v) is 10.8. The normalized spacial score (nSPS) is 14.2. The van der Waals surface area contributed by atoms with Crippen LogP contribution in [-0.4, -0.2) is 46.8 Å². The summed E-state index contributed by atoms with van der Waals surface area (Å²) in [5.74, 6) is 0.230. The van der Waals surface area contributed by atoms with Gasteiger partial charge in [-0.05, 0) is 68.3 Å². The number of carbonyl (C=O) groups excluding carboxylic acids is 1. The molecule has 1 aliphatic rings. The smallest absolute Gasteiger partial charge is 0.223 e. The molecule has 0 N–H and O–H groups in total. The summed E-state index contributed by atoms with van der Waals surface area (Å²) in [6.07, 6.45) is 1.30. The molecule has 0 radical (unpaired) electrons. The van der Waals surface area contributed by atoms with Crippen molar-refractivity contribution in [2.24, 2.45) is 0 Å². The summed E-state index contributed by atoms with van der Waals surface area (Å²) in [4.78, 5) is 17.0. The van der Waals surface area contributed by atoms with E-state index >= 15 is 0 Å². The van der Waals surface area contributed by atoms with E-state index in [0.29, 0.717) is 6.42 Å². The molecule has 5 nitrogen and oxygen atoms in total. The monoisotopic (exact) mass is 422 g/mol. The van der Waals surface area contributed by atoms with E-state index in [1.54, 1.807) is 0 Å². The van der Waals surface area contributed by atoms with E-state index in [2.05, 4.69) is 47.3 Å². The van der Waals surface area contributed by atoms with Crippen LogP contribution in [0, 0.1) is 13.8 Å². The Morgan fingerprint density at radius 2 is 1.57 bits per heavy atom. The topological polar surface area (TPSA) is 41.4 Å². The summed E-state index contributed by atoms with van der Waals surface area (Å²) in [5.41, 5.74) is 5.52. The molecule has 1 aliphatic heterocycles. The van der Waals surface area contributed by atoms with Crippen molar-refractivity contribution in [2.45, 2.75) is 26.7 Å². The Bertz CT molecular complexity index is 1000. The Kier molecular flexibility index (Phi) is 6.09. The van der Waals surface area contributed by atoms with Crippen molar-refractivity contribution in [1.29, 1.82) is 0 Å². The van der Waals surface area contributed by atoms with Gasteiger partial charge < -0.3 is 9.80 Å². The van der Waals surface area contributed by atoms with Crippen molar-refractivity contribution < 1.29 is 4.79 Å². The van der Waals surface area contributed by atoms with Gasteiger partial charge in [0.2, 0.25) is 5.91 Å². The zero-order chi connectivity index (χ0) is 21.1. The van der Waals surface area contributed by atoms with Crippen LogP contribution in [0.4, 0.5) is 5.69 Å². The second kappa shape index (κ2) is 8.92. The maximum Gasteiger partial charge on any atom is 0.223 e. The third-order valence-electron chi connectivity index (χ3n) is 5.64. The van der Waals surface area contributed by atoms with Gasteiger partial charge in [0.05, 0.1) is 11.4 Å². The molecule has 30 heavy (non-hydrogen) atoms. The zero-order valence-corrected chi connectivity index (χ0v) is 18.3. The van der Waals surface area contributed by atoms with E-state index in [4.69, 9.17) is 11.6 Å². The standard InChI is InChI=1S/C24H27ClN4O/c1-18-17-19(2)29(26-18)23-8-3-20(4-9-23)5-12-24(30)28-15-13-27(14-16-28)22-10-6-21(25)7-11-22/h3-4,6-11,17H,5,12-16H2,1-2H3. The highest BCUT2D eigenvalue weighted by molar-refractivity contribution is 6.30. The van der Waals surface area contributed by atoms with Gasteiger partial charge in [0, 0.05) is 49.0 Å². The molecule has 0 aliphatic carbocycles. The van der Waals surface area contributed by atoms with E-state index in [0.717, 1.165) is 60.4 Å². The summed E-state index contributed by atoms with van der Waals surface area (Å²) in [6.45, 7) is 7.28. The number of piperazine rings is 1. The zero-order valence-electron chi connectivity index (χ0n) is 17.5. The van der Waals surface area contributed by atoms with E-state index in [1.807, 2.05) is 40.8 Å². The first-order valence-electron chi connectivity index (χ1n) is 10.4. The van der Waals surface area contributed by atoms with Crippen LogP contribution in [0.2, 0.25) is 5.02 Å². The Balaban J connectivity index is 1.28. The van der Waals surface area contributed by atoms with Gasteiger partial charge in [-0.1, -0.05) is 23.7 Å². The minimum atomic E-state index is 0.230. The molecular weight excluding hydrogens is 396 g/mol. The molecule has 0 unspecified atom stereocenters. The van der Waals surface area contributed by atoms with Crippen molar-refractivity contribution in [3.63, 3.8) is 0 Å². The molecule has 1 amide bonds. The van der Waals surface area contributed by atoms with Gasteiger partial charge in [0.25, 0.3) is 0 Å². The average molecular weight is 423 g/mol. The second-order valence-corrected chi connectivity index (χ2v) is 8.29. The maximum absolute atomic E-state index is 12.7. The summed E-state index contributed by atoms with van der Waals surface area (Å²) < 4.78 is 1.95. The van der Waals surface area contributed by atoms with Gasteiger partial charge in [-0.2, -0.15) is 5.10 Å². The summed E-state index contributed by atoms with van der Waals surface area (Å²) in [7, 11) is 0. The summed E-state index contributed by atoms with van der Waals surface area (Å²) >= 11 is 5.97. The van der Waals surface area contributed by atoms with Crippen molar-refractivity contribution in [3.8, 4) is 5.69 Å². The number of hydrogen-bond donors (Lipinski definition) is 0. The lowest BCUT2D eigenvalue weighted by molar-refractivity contribution is -0.131. The molecule has 6 heteroatoms. The number of anilines is 1. The van der Waals surface area contributed by atoms with E-state index in [9.17, 15) is 4.79 Å². The summed E-state index contributed by atoms with van der Waals surface area (Å²) in [6, 6.07) is 18.3. The van der Waals surface area contributed by atoms with Crippen molar-refractivity contribution >= 4 is 23.2 Å². The lowest BCUT2D eigenvalue weighted by Gasteiger charge is -2.36. The quantitative estimate of drug-likeness (QED) is 0.611. The number of hydrogen-bond acceptors (Lipinski definition) is 3. The Morgan fingerprint density at radius 1 is 0.933 bits per heavy atom.